The number of rotatable bonds is 6. The standard InChI is InChI=1S/C12H16N4O2/c1-2-13-6-3-4-11-15-16-12(18-11)9-5-7-14-10(17)8-9/h5,7-8,13H,2-4,6H2,1H3,(H,14,17). The van der Waals surface area contributed by atoms with Gasteiger partial charge in [-0.1, -0.05) is 6.92 Å². The first-order valence-corrected chi connectivity index (χ1v) is 6.02. The van der Waals surface area contributed by atoms with Gasteiger partial charge in [0.25, 0.3) is 0 Å². The van der Waals surface area contributed by atoms with Crippen molar-refractivity contribution in [2.45, 2.75) is 19.8 Å². The summed E-state index contributed by atoms with van der Waals surface area (Å²) in [6.07, 6.45) is 3.25. The van der Waals surface area contributed by atoms with Gasteiger partial charge in [0.15, 0.2) is 0 Å². The first kappa shape index (κ1) is 12.5. The van der Waals surface area contributed by atoms with E-state index in [1.165, 1.54) is 6.07 Å². The van der Waals surface area contributed by atoms with Gasteiger partial charge >= 0.3 is 0 Å². The van der Waals surface area contributed by atoms with E-state index in [0.29, 0.717) is 17.3 Å². The van der Waals surface area contributed by atoms with Crippen LogP contribution < -0.4 is 10.9 Å². The third-order valence-electron chi connectivity index (χ3n) is 2.48. The minimum Gasteiger partial charge on any atom is -0.421 e. The van der Waals surface area contributed by atoms with Crippen molar-refractivity contribution in [3.63, 3.8) is 0 Å². The number of aromatic amines is 1. The Morgan fingerprint density at radius 3 is 3.11 bits per heavy atom. The smallest absolute Gasteiger partial charge is 0.248 e. The molecule has 0 amide bonds. The van der Waals surface area contributed by atoms with E-state index in [0.717, 1.165) is 25.9 Å². The number of aromatic nitrogens is 3. The fraction of sp³-hybridized carbons (Fsp3) is 0.417. The quantitative estimate of drug-likeness (QED) is 0.744. The molecule has 2 aromatic rings. The summed E-state index contributed by atoms with van der Waals surface area (Å²) in [5.41, 5.74) is 0.462. The molecule has 0 unspecified atom stereocenters. The van der Waals surface area contributed by atoms with Gasteiger partial charge in [0.2, 0.25) is 17.3 Å². The van der Waals surface area contributed by atoms with E-state index in [1.807, 2.05) is 0 Å². The Bertz CT molecular complexity index is 547. The molecule has 0 fully saturated rings. The maximum Gasteiger partial charge on any atom is 0.248 e. The Morgan fingerprint density at radius 2 is 2.33 bits per heavy atom. The molecule has 96 valence electrons. The molecular formula is C12H16N4O2. The lowest BCUT2D eigenvalue weighted by atomic mass is 10.3. The molecular weight excluding hydrogens is 232 g/mol. The summed E-state index contributed by atoms with van der Waals surface area (Å²) in [5, 5.41) is 11.1. The Morgan fingerprint density at radius 1 is 1.44 bits per heavy atom. The van der Waals surface area contributed by atoms with Crippen molar-refractivity contribution in [2.75, 3.05) is 13.1 Å². The summed E-state index contributed by atoms with van der Waals surface area (Å²) in [6.45, 7) is 3.96. The summed E-state index contributed by atoms with van der Waals surface area (Å²) in [4.78, 5) is 13.7. The summed E-state index contributed by atoms with van der Waals surface area (Å²) >= 11 is 0. The first-order valence-electron chi connectivity index (χ1n) is 6.02. The molecule has 0 atom stereocenters. The minimum absolute atomic E-state index is 0.181. The van der Waals surface area contributed by atoms with Gasteiger partial charge in [0, 0.05) is 24.2 Å². The molecule has 2 heterocycles. The molecule has 18 heavy (non-hydrogen) atoms. The van der Waals surface area contributed by atoms with Gasteiger partial charge in [-0.3, -0.25) is 4.79 Å². The topological polar surface area (TPSA) is 83.8 Å². The van der Waals surface area contributed by atoms with E-state index in [9.17, 15) is 4.79 Å². The Hall–Kier alpha value is -1.95. The Kier molecular flexibility index (Phi) is 4.25. The average molecular weight is 248 g/mol. The highest BCUT2D eigenvalue weighted by atomic mass is 16.4. The first-order chi connectivity index (χ1) is 8.79. The van der Waals surface area contributed by atoms with Gasteiger partial charge in [0.1, 0.15) is 0 Å². The number of nitrogens with one attached hydrogen (secondary N) is 2. The Labute approximate surface area is 104 Å². The fourth-order valence-corrected chi connectivity index (χ4v) is 1.59. The number of nitrogens with zero attached hydrogens (tertiary/aromatic N) is 2. The number of pyridine rings is 1. The molecule has 2 N–H and O–H groups in total. The molecule has 0 bridgehead atoms. The van der Waals surface area contributed by atoms with Crippen molar-refractivity contribution in [1.82, 2.24) is 20.5 Å². The monoisotopic (exact) mass is 248 g/mol. The zero-order valence-corrected chi connectivity index (χ0v) is 10.3. The predicted molar refractivity (Wildman–Crippen MR) is 67.2 cm³/mol. The van der Waals surface area contributed by atoms with Crippen molar-refractivity contribution in [1.29, 1.82) is 0 Å². The molecule has 6 nitrogen and oxygen atoms in total. The van der Waals surface area contributed by atoms with Gasteiger partial charge in [-0.2, -0.15) is 0 Å². The van der Waals surface area contributed by atoms with E-state index in [-0.39, 0.29) is 5.56 Å². The van der Waals surface area contributed by atoms with Gasteiger partial charge in [0.05, 0.1) is 0 Å². The molecule has 0 saturated heterocycles. The highest BCUT2D eigenvalue weighted by Crippen LogP contribution is 2.15. The second-order valence-corrected chi connectivity index (χ2v) is 3.90. The molecule has 0 aromatic carbocycles. The Balaban J connectivity index is 1.99. The summed E-state index contributed by atoms with van der Waals surface area (Å²) in [7, 11) is 0. The van der Waals surface area contributed by atoms with Gasteiger partial charge < -0.3 is 14.7 Å². The number of hydrogen-bond donors (Lipinski definition) is 2. The molecule has 0 spiro atoms. The van der Waals surface area contributed by atoms with Crippen molar-refractivity contribution < 1.29 is 4.42 Å². The van der Waals surface area contributed by atoms with Crippen LogP contribution >= 0.6 is 0 Å². The van der Waals surface area contributed by atoms with Crippen LogP contribution in [0.4, 0.5) is 0 Å². The second-order valence-electron chi connectivity index (χ2n) is 3.90. The van der Waals surface area contributed by atoms with Crippen molar-refractivity contribution >= 4 is 0 Å². The van der Waals surface area contributed by atoms with E-state index < -0.39 is 0 Å². The highest BCUT2D eigenvalue weighted by Gasteiger charge is 2.08. The van der Waals surface area contributed by atoms with E-state index in [4.69, 9.17) is 4.42 Å². The summed E-state index contributed by atoms with van der Waals surface area (Å²) in [5.74, 6) is 0.989. The molecule has 0 radical (unpaired) electrons. The molecule has 0 aliphatic carbocycles. The van der Waals surface area contributed by atoms with Crippen LogP contribution in [0.3, 0.4) is 0 Å². The lowest BCUT2D eigenvalue weighted by molar-refractivity contribution is 0.492. The summed E-state index contributed by atoms with van der Waals surface area (Å²) < 4.78 is 5.50. The van der Waals surface area contributed by atoms with E-state index in [2.05, 4.69) is 27.4 Å². The van der Waals surface area contributed by atoms with E-state index >= 15 is 0 Å². The second kappa shape index (κ2) is 6.11. The zero-order chi connectivity index (χ0) is 12.8. The maximum absolute atomic E-state index is 11.2. The van der Waals surface area contributed by atoms with E-state index in [1.54, 1.807) is 12.3 Å². The maximum atomic E-state index is 11.2. The minimum atomic E-state index is -0.181. The lowest BCUT2D eigenvalue weighted by Crippen LogP contribution is -2.14. The lowest BCUT2D eigenvalue weighted by Gasteiger charge is -1.97. The molecule has 0 aliphatic rings. The normalized spacial score (nSPS) is 10.7. The number of hydrogen-bond acceptors (Lipinski definition) is 5. The van der Waals surface area contributed by atoms with Gasteiger partial charge in [-0.25, -0.2) is 0 Å². The van der Waals surface area contributed by atoms with Crippen LogP contribution in [0.5, 0.6) is 0 Å². The third kappa shape index (κ3) is 3.27. The van der Waals surface area contributed by atoms with Gasteiger partial charge in [-0.15, -0.1) is 10.2 Å². The number of aryl methyl sites for hydroxylation is 1. The molecule has 6 heteroatoms. The molecule has 2 aromatic heterocycles. The van der Waals surface area contributed by atoms with Crippen LogP contribution in [-0.4, -0.2) is 28.3 Å². The molecule has 0 aliphatic heterocycles. The fourth-order valence-electron chi connectivity index (χ4n) is 1.59. The average Bonchev–Trinajstić information content (AvgIpc) is 2.83. The number of H-pyrrole nitrogens is 1. The zero-order valence-electron chi connectivity index (χ0n) is 10.3. The SMILES string of the molecule is CCNCCCc1nnc(-c2cc[nH]c(=O)c2)o1. The van der Waals surface area contributed by atoms with Crippen LogP contribution in [0, 0.1) is 0 Å². The van der Waals surface area contributed by atoms with Gasteiger partial charge in [-0.05, 0) is 25.6 Å². The largest absolute Gasteiger partial charge is 0.421 e. The highest BCUT2D eigenvalue weighted by molar-refractivity contribution is 5.50. The van der Waals surface area contributed by atoms with Crippen molar-refractivity contribution in [2.24, 2.45) is 0 Å². The predicted octanol–water partition coefficient (Wildman–Crippen LogP) is 0.967. The third-order valence-corrected chi connectivity index (χ3v) is 2.48. The van der Waals surface area contributed by atoms with Crippen LogP contribution in [0.2, 0.25) is 0 Å². The van der Waals surface area contributed by atoms with Crippen LogP contribution in [0.25, 0.3) is 11.5 Å². The van der Waals surface area contributed by atoms with Crippen LogP contribution in [-0.2, 0) is 6.42 Å². The summed E-state index contributed by atoms with van der Waals surface area (Å²) in [6, 6.07) is 3.17. The molecule has 2 rings (SSSR count). The van der Waals surface area contributed by atoms with Crippen molar-refractivity contribution in [3.8, 4) is 11.5 Å². The molecule has 0 saturated carbocycles. The van der Waals surface area contributed by atoms with Crippen LogP contribution in [0.1, 0.15) is 19.2 Å². The van der Waals surface area contributed by atoms with Crippen molar-refractivity contribution in [3.05, 3.63) is 34.6 Å². The van der Waals surface area contributed by atoms with Crippen LogP contribution in [0.15, 0.2) is 27.5 Å².